The number of sulfonamides is 2. The van der Waals surface area contributed by atoms with Gasteiger partial charge in [0.15, 0.2) is 0 Å². The number of alkyl halides is 4. The number of benzene rings is 2. The minimum atomic E-state index is -4.31. The summed E-state index contributed by atoms with van der Waals surface area (Å²) in [6.45, 7) is 7.87. The van der Waals surface area contributed by atoms with Crippen molar-refractivity contribution in [3.05, 3.63) is 47.3 Å². The lowest BCUT2D eigenvalue weighted by atomic mass is 9.77. The van der Waals surface area contributed by atoms with E-state index in [0.29, 0.717) is 84.2 Å². The van der Waals surface area contributed by atoms with E-state index in [1.807, 2.05) is 9.44 Å². The average Bonchev–Trinajstić information content (AvgIpc) is 1.57. The highest BCUT2D eigenvalue weighted by Crippen LogP contribution is 2.51. The van der Waals surface area contributed by atoms with Gasteiger partial charge in [-0.25, -0.2) is 63.9 Å². The molecule has 1 unspecified atom stereocenters. The molecule has 115 heavy (non-hydrogen) atoms. The molecule has 14 atom stereocenters. The molecule has 0 radical (unpaired) electrons. The summed E-state index contributed by atoms with van der Waals surface area (Å²) in [5.41, 5.74) is -4.15. The number of aromatic nitrogens is 4. The quantitative estimate of drug-likeness (QED) is 0.0510. The van der Waals surface area contributed by atoms with Crippen molar-refractivity contribution in [2.24, 2.45) is 34.5 Å². The molecule has 6 heterocycles. The summed E-state index contributed by atoms with van der Waals surface area (Å²) < 4.78 is 153. The molecule has 0 spiro atoms. The number of aryl methyl sites for hydroxylation is 2. The second-order valence-electron chi connectivity index (χ2n) is 35.0. The van der Waals surface area contributed by atoms with Crippen molar-refractivity contribution in [2.45, 2.75) is 285 Å². The second-order valence-corrected chi connectivity index (χ2v) is 38.9. The van der Waals surface area contributed by atoms with E-state index < -0.39 is 186 Å². The molecule has 6 saturated carbocycles. The lowest BCUT2D eigenvalue weighted by Gasteiger charge is -2.38. The lowest BCUT2D eigenvalue weighted by molar-refractivity contribution is -0.143. The molecule has 30 nitrogen and oxygen atoms in total. The summed E-state index contributed by atoms with van der Waals surface area (Å²) in [6.07, 6.45) is -1.89. The summed E-state index contributed by atoms with van der Waals surface area (Å²) in [4.78, 5) is 142. The zero-order chi connectivity index (χ0) is 82.0. The van der Waals surface area contributed by atoms with E-state index in [9.17, 15) is 53.6 Å². The standard InChI is InChI=1S/C79H104F4N12O18S2/c1-76(2,3)63-70(98)94-39-46(33-57(94)66(96)90-78(37-44(78)31-62(80)81)72(100)92-114(104,105)48-25-26-48)111-69-53(21-13-9-11-16-41-18-14-22-59(41)112-74(102)88-63)85-54-30-43(61(109-7)35-56(54)87-69)36-77(4,5)64-71(99)95-40-47(34-58(95)67(97)91-79(38-50(79)65(82)83)73(101)93-115(106,107)49-27-28-49)110-68-52(84-51-29-24-45(108-6)32-55(51)86-68)20-12-8-10-17-42-19-15-23-60(42)113-75(103)89-64/h24,29-30,32,35,41-42,44,46-50,57-60,62-65H,8-23,25-28,31,33-34,36-40H2,1-7H3,(H,88,102)(H,89,103)(H,90,96)(H,91,97)(H,92,100)(H,93,101)/t41?,42-,44-,46-,47-,50+,57+,58+,59-,60-,63-,64-,78-,79-/m1/s1. The van der Waals surface area contributed by atoms with E-state index >= 15 is 19.2 Å². The molecule has 8 amide bonds. The first-order valence-corrected chi connectivity index (χ1v) is 43.6. The number of nitrogens with zero attached hydrogens (tertiary/aromatic N) is 6. The van der Waals surface area contributed by atoms with Gasteiger partial charge in [-0.3, -0.25) is 38.2 Å². The maximum Gasteiger partial charge on any atom is 0.408 e. The molecule has 4 bridgehead atoms. The number of ether oxygens (including phenoxy) is 6. The maximum absolute atomic E-state index is 16.3. The van der Waals surface area contributed by atoms with Crippen molar-refractivity contribution in [3.8, 4) is 23.3 Å². The topological polar surface area (TPSA) is 390 Å². The highest BCUT2D eigenvalue weighted by molar-refractivity contribution is 7.91. The van der Waals surface area contributed by atoms with E-state index in [1.54, 1.807) is 65.0 Å². The Hall–Kier alpha value is -8.70. The Labute approximate surface area is 665 Å². The number of hydrogen-bond acceptors (Lipinski definition) is 22. The van der Waals surface area contributed by atoms with Crippen molar-refractivity contribution >= 4 is 89.7 Å². The fourth-order valence-corrected chi connectivity index (χ4v) is 20.8. The third-order valence-electron chi connectivity index (χ3n) is 25.0. The van der Waals surface area contributed by atoms with Crippen LogP contribution < -0.4 is 49.7 Å². The van der Waals surface area contributed by atoms with Gasteiger partial charge in [0, 0.05) is 31.4 Å². The molecule has 36 heteroatoms. The molecule has 628 valence electrons. The molecule has 6 aliphatic carbocycles. The second kappa shape index (κ2) is 32.7. The van der Waals surface area contributed by atoms with E-state index in [0.717, 1.165) is 56.3 Å². The van der Waals surface area contributed by atoms with Crippen LogP contribution in [0.15, 0.2) is 30.3 Å². The number of fused-ring (bicyclic) bond motifs is 10. The number of amides is 8. The van der Waals surface area contributed by atoms with E-state index in [1.165, 1.54) is 19.1 Å². The van der Waals surface area contributed by atoms with Crippen LogP contribution in [0.4, 0.5) is 27.2 Å². The van der Waals surface area contributed by atoms with Crippen molar-refractivity contribution in [3.63, 3.8) is 0 Å². The zero-order valence-corrected chi connectivity index (χ0v) is 67.4. The van der Waals surface area contributed by atoms with Crippen LogP contribution in [0.2, 0.25) is 0 Å². The maximum atomic E-state index is 16.3. The Balaban J connectivity index is 0.809. The predicted molar refractivity (Wildman–Crippen MR) is 406 cm³/mol. The van der Waals surface area contributed by atoms with Crippen LogP contribution in [-0.4, -0.2) is 205 Å². The molecule has 8 fully saturated rings. The summed E-state index contributed by atoms with van der Waals surface area (Å²) in [6, 6.07) is 2.47. The Bertz CT molecular complexity index is 4690. The van der Waals surface area contributed by atoms with E-state index in [-0.39, 0.29) is 106 Å². The number of halogens is 4. The Morgan fingerprint density at radius 1 is 0.574 bits per heavy atom. The zero-order valence-electron chi connectivity index (χ0n) is 65.8. The molecule has 14 rings (SSSR count). The summed E-state index contributed by atoms with van der Waals surface area (Å²) in [7, 11) is -5.63. The molecular formula is C79H104F4N12O18S2. The first-order valence-electron chi connectivity index (χ1n) is 40.5. The van der Waals surface area contributed by atoms with Crippen LogP contribution in [0.3, 0.4) is 0 Å². The van der Waals surface area contributed by atoms with Crippen molar-refractivity contribution in [2.75, 3.05) is 27.3 Å². The van der Waals surface area contributed by atoms with Gasteiger partial charge in [0.2, 0.25) is 68.3 Å². The first-order chi connectivity index (χ1) is 54.5. The van der Waals surface area contributed by atoms with Crippen molar-refractivity contribution < 1.29 is 101 Å². The minimum absolute atomic E-state index is 0.00320. The number of nitrogens with one attached hydrogen (secondary N) is 6. The molecule has 2 aromatic carbocycles. The van der Waals surface area contributed by atoms with Crippen LogP contribution in [0.1, 0.15) is 199 Å². The minimum Gasteiger partial charge on any atom is -0.497 e. The fraction of sp³-hybridized carbons (Fsp3) is 0.696. The smallest absolute Gasteiger partial charge is 0.408 e. The number of hydrogen-bond donors (Lipinski definition) is 6. The van der Waals surface area contributed by atoms with Gasteiger partial charge in [0.05, 0.1) is 65.8 Å². The van der Waals surface area contributed by atoms with Crippen molar-refractivity contribution in [1.29, 1.82) is 0 Å². The Morgan fingerprint density at radius 2 is 1.06 bits per heavy atom. The number of carbonyl (C=O) groups excluding carboxylic acids is 8. The van der Waals surface area contributed by atoms with Gasteiger partial charge >= 0.3 is 12.2 Å². The number of carbonyl (C=O) groups is 8. The molecular weight excluding hydrogens is 1550 g/mol. The third-order valence-corrected chi connectivity index (χ3v) is 28.7. The molecule has 4 aliphatic heterocycles. The van der Waals surface area contributed by atoms with E-state index in [2.05, 4.69) is 21.3 Å². The van der Waals surface area contributed by atoms with Crippen LogP contribution in [-0.2, 0) is 77.5 Å². The van der Waals surface area contributed by atoms with Crippen LogP contribution in [0, 0.1) is 34.5 Å². The summed E-state index contributed by atoms with van der Waals surface area (Å²) in [5, 5.41) is 9.05. The van der Waals surface area contributed by atoms with Gasteiger partial charge in [0.1, 0.15) is 82.5 Å². The van der Waals surface area contributed by atoms with Gasteiger partial charge < -0.3 is 59.5 Å². The molecule has 2 saturated heterocycles. The first kappa shape index (κ1) is 82.8. The number of rotatable bonds is 18. The summed E-state index contributed by atoms with van der Waals surface area (Å²) >= 11 is 0. The number of methoxy groups -OCH3 is 2. The highest BCUT2D eigenvalue weighted by Gasteiger charge is 2.68. The highest BCUT2D eigenvalue weighted by atomic mass is 32.2. The van der Waals surface area contributed by atoms with Gasteiger partial charge in [0.25, 0.3) is 11.8 Å². The van der Waals surface area contributed by atoms with Crippen LogP contribution >= 0.6 is 0 Å². The largest absolute Gasteiger partial charge is 0.497 e. The number of alkyl carbamates (subject to hydrolysis) is 2. The van der Waals surface area contributed by atoms with Gasteiger partial charge in [-0.15, -0.1) is 0 Å². The Kier molecular flexibility index (Phi) is 23.5. The lowest BCUT2D eigenvalue weighted by Crippen LogP contribution is -2.61. The molecule has 6 N–H and O–H groups in total. The fourth-order valence-electron chi connectivity index (χ4n) is 18.0. The van der Waals surface area contributed by atoms with Crippen molar-refractivity contribution in [1.82, 2.24) is 60.4 Å². The normalized spacial score (nSPS) is 29.9. The third kappa shape index (κ3) is 18.1. The predicted octanol–water partition coefficient (Wildman–Crippen LogP) is 8.25. The van der Waals surface area contributed by atoms with Gasteiger partial charge in [-0.1, -0.05) is 60.3 Å². The molecule has 4 aromatic rings. The van der Waals surface area contributed by atoms with Crippen LogP contribution in [0.5, 0.6) is 23.3 Å². The molecule has 2 aromatic heterocycles. The van der Waals surface area contributed by atoms with Gasteiger partial charge in [-0.2, -0.15) is 0 Å². The van der Waals surface area contributed by atoms with E-state index in [4.69, 9.17) is 48.4 Å². The monoisotopic (exact) mass is 1650 g/mol. The molecule has 10 aliphatic rings. The summed E-state index contributed by atoms with van der Waals surface area (Å²) in [5.74, 6) is -8.35. The Morgan fingerprint density at radius 3 is 1.56 bits per heavy atom. The van der Waals surface area contributed by atoms with Gasteiger partial charge in [-0.05, 0) is 174 Å². The van der Waals surface area contributed by atoms with Crippen LogP contribution in [0.25, 0.3) is 22.1 Å². The SMILES string of the molecule is COc1ccc2nc3c(nc2c1)O[C@@H]1C[C@@H](C(=O)N[C@]2(C(=O)NS(=O)(=O)C4CC4)C[C@H]2C(F)F)N(C1)C(=O)[C@H](C(C)(C)Cc1cc2nc4c(nc2cc1OC)O[C@@H]1C[C@@H](C(=O)N[C@]2(C(=O)NS(=O)(=O)C5CC5)C[C@H]2CC(F)F)N(C1)C(=O)[C@H](C(C)(C)C)NC(=O)O[C@@H]1CCCC1CCCCC4)NC(=O)O[C@@H]1CCC[C@H]1CCCCC3. The average molecular weight is 1650 g/mol.